The lowest BCUT2D eigenvalue weighted by molar-refractivity contribution is -0.0679. The molecule has 0 saturated carbocycles. The van der Waals surface area contributed by atoms with Gasteiger partial charge in [0.25, 0.3) is 0 Å². The van der Waals surface area contributed by atoms with E-state index < -0.39 is 5.60 Å². The lowest BCUT2D eigenvalue weighted by Gasteiger charge is -2.32. The molecule has 0 aromatic heterocycles. The van der Waals surface area contributed by atoms with E-state index in [0.29, 0.717) is 39.3 Å². The van der Waals surface area contributed by atoms with Crippen LogP contribution in [-0.4, -0.2) is 25.4 Å². The van der Waals surface area contributed by atoms with E-state index in [-0.39, 0.29) is 0 Å². The normalized spacial score (nSPS) is 15.4. The van der Waals surface area contributed by atoms with Gasteiger partial charge in [-0.05, 0) is 68.9 Å². The fourth-order valence-corrected chi connectivity index (χ4v) is 4.71. The van der Waals surface area contributed by atoms with Crippen LogP contribution in [0.2, 0.25) is 0 Å². The van der Waals surface area contributed by atoms with E-state index in [1.54, 1.807) is 7.11 Å². The molecule has 174 valence electrons. The van der Waals surface area contributed by atoms with E-state index in [1.165, 1.54) is 11.1 Å². The molecule has 0 spiro atoms. The van der Waals surface area contributed by atoms with Gasteiger partial charge in [-0.2, -0.15) is 0 Å². The highest BCUT2D eigenvalue weighted by atomic mass is 16.5. The summed E-state index contributed by atoms with van der Waals surface area (Å²) in [6.45, 7) is 2.19. The molecule has 1 saturated heterocycles. The van der Waals surface area contributed by atoms with Crippen molar-refractivity contribution in [2.24, 2.45) is 0 Å². The number of fused-ring (bicyclic) bond motifs is 1. The monoisotopic (exact) mass is 454 g/mol. The van der Waals surface area contributed by atoms with Gasteiger partial charge in [-0.1, -0.05) is 54.6 Å². The van der Waals surface area contributed by atoms with Crippen molar-refractivity contribution in [1.82, 2.24) is 0 Å². The van der Waals surface area contributed by atoms with Gasteiger partial charge in [0.1, 0.15) is 12.4 Å². The molecule has 1 fully saturated rings. The largest absolute Gasteiger partial charge is 0.489 e. The molecule has 34 heavy (non-hydrogen) atoms. The van der Waals surface area contributed by atoms with Crippen LogP contribution in [0, 0.1) is 0 Å². The highest BCUT2D eigenvalue weighted by Crippen LogP contribution is 2.34. The minimum Gasteiger partial charge on any atom is -0.489 e. The Balaban J connectivity index is 1.42. The van der Waals surface area contributed by atoms with E-state index in [0.717, 1.165) is 33.2 Å². The first kappa shape index (κ1) is 22.6. The summed E-state index contributed by atoms with van der Waals surface area (Å²) in [5.41, 5.74) is 4.63. The Labute approximate surface area is 200 Å². The van der Waals surface area contributed by atoms with E-state index in [2.05, 4.69) is 54.6 Å². The van der Waals surface area contributed by atoms with Crippen LogP contribution >= 0.6 is 0 Å². The van der Waals surface area contributed by atoms with E-state index in [1.807, 2.05) is 30.3 Å². The predicted octanol–water partition coefficient (Wildman–Crippen LogP) is 6.23. The van der Waals surface area contributed by atoms with Gasteiger partial charge in [0.2, 0.25) is 0 Å². The molecule has 0 radical (unpaired) electrons. The summed E-state index contributed by atoms with van der Waals surface area (Å²) in [6, 6.07) is 29.1. The molecule has 0 atom stereocenters. The molecule has 0 unspecified atom stereocenters. The summed E-state index contributed by atoms with van der Waals surface area (Å²) >= 11 is 0. The van der Waals surface area contributed by atoms with Crippen LogP contribution in [0.4, 0.5) is 0 Å². The maximum absolute atomic E-state index is 11.0. The number of aliphatic hydroxyl groups is 1. The molecule has 1 N–H and O–H groups in total. The van der Waals surface area contributed by atoms with Gasteiger partial charge in [0.15, 0.2) is 0 Å². The maximum Gasteiger partial charge on any atom is 0.120 e. The minimum atomic E-state index is -0.818. The van der Waals surface area contributed by atoms with Crippen molar-refractivity contribution in [3.8, 4) is 16.9 Å². The van der Waals surface area contributed by atoms with Crippen LogP contribution in [0.1, 0.15) is 29.5 Å². The lowest BCUT2D eigenvalue weighted by Crippen LogP contribution is -2.33. The third-order valence-electron chi connectivity index (χ3n) is 6.57. The second-order valence-electron chi connectivity index (χ2n) is 8.96. The zero-order valence-corrected chi connectivity index (χ0v) is 19.5. The van der Waals surface area contributed by atoms with Gasteiger partial charge in [-0.3, -0.25) is 0 Å². The van der Waals surface area contributed by atoms with Crippen molar-refractivity contribution in [2.45, 2.75) is 31.7 Å². The third kappa shape index (κ3) is 4.85. The zero-order chi connectivity index (χ0) is 23.4. The Kier molecular flexibility index (Phi) is 6.63. The molecular weight excluding hydrogens is 424 g/mol. The summed E-state index contributed by atoms with van der Waals surface area (Å²) in [6.07, 6.45) is 1.24. The van der Waals surface area contributed by atoms with Gasteiger partial charge in [-0.15, -0.1) is 0 Å². The summed E-state index contributed by atoms with van der Waals surface area (Å²) in [4.78, 5) is 0. The number of methoxy groups -OCH3 is 1. The summed E-state index contributed by atoms with van der Waals surface area (Å²) in [5.74, 6) is 0.819. The van der Waals surface area contributed by atoms with Crippen LogP contribution in [0.5, 0.6) is 5.75 Å². The number of benzene rings is 4. The number of rotatable bonds is 7. The molecule has 1 heterocycles. The Morgan fingerprint density at radius 3 is 2.44 bits per heavy atom. The van der Waals surface area contributed by atoms with E-state index in [4.69, 9.17) is 14.2 Å². The predicted molar refractivity (Wildman–Crippen MR) is 135 cm³/mol. The Bertz CT molecular complexity index is 1260. The van der Waals surface area contributed by atoms with Crippen molar-refractivity contribution in [2.75, 3.05) is 20.3 Å². The van der Waals surface area contributed by atoms with Gasteiger partial charge in [-0.25, -0.2) is 0 Å². The molecule has 1 aliphatic rings. The molecule has 1 aliphatic heterocycles. The topological polar surface area (TPSA) is 47.9 Å². The van der Waals surface area contributed by atoms with E-state index in [9.17, 15) is 5.11 Å². The molecule has 4 aromatic carbocycles. The highest BCUT2D eigenvalue weighted by Gasteiger charge is 2.31. The van der Waals surface area contributed by atoms with Crippen LogP contribution < -0.4 is 4.74 Å². The van der Waals surface area contributed by atoms with Crippen molar-refractivity contribution in [3.63, 3.8) is 0 Å². The van der Waals surface area contributed by atoms with Crippen LogP contribution in [0.15, 0.2) is 84.9 Å². The minimum absolute atomic E-state index is 0.439. The average molecular weight is 455 g/mol. The smallest absolute Gasteiger partial charge is 0.120 e. The van der Waals surface area contributed by atoms with Crippen molar-refractivity contribution < 1.29 is 19.3 Å². The lowest BCUT2D eigenvalue weighted by atomic mass is 9.86. The molecule has 4 aromatic rings. The van der Waals surface area contributed by atoms with Crippen LogP contribution in [0.25, 0.3) is 21.9 Å². The quantitative estimate of drug-likeness (QED) is 0.360. The van der Waals surface area contributed by atoms with Gasteiger partial charge in [0, 0.05) is 33.2 Å². The molecule has 0 aliphatic carbocycles. The first-order valence-corrected chi connectivity index (χ1v) is 11.8. The summed E-state index contributed by atoms with van der Waals surface area (Å²) in [7, 11) is 1.72. The second-order valence-corrected chi connectivity index (χ2v) is 8.96. The second kappa shape index (κ2) is 9.98. The number of hydrogen-bond donors (Lipinski definition) is 1. The molecule has 4 heteroatoms. The number of ether oxygens (including phenoxy) is 3. The Morgan fingerprint density at radius 2 is 1.65 bits per heavy atom. The molecule has 0 amide bonds. The van der Waals surface area contributed by atoms with E-state index >= 15 is 0 Å². The van der Waals surface area contributed by atoms with Crippen molar-refractivity contribution >= 4 is 10.8 Å². The number of hydrogen-bond acceptors (Lipinski definition) is 4. The first-order valence-electron chi connectivity index (χ1n) is 11.8. The van der Waals surface area contributed by atoms with Gasteiger partial charge < -0.3 is 19.3 Å². The van der Waals surface area contributed by atoms with Crippen molar-refractivity contribution in [1.29, 1.82) is 0 Å². The first-order chi connectivity index (χ1) is 16.6. The molecule has 0 bridgehead atoms. The summed E-state index contributed by atoms with van der Waals surface area (Å²) < 4.78 is 17.0. The van der Waals surface area contributed by atoms with Crippen LogP contribution in [-0.2, 0) is 28.3 Å². The molecule has 5 rings (SSSR count). The zero-order valence-electron chi connectivity index (χ0n) is 19.5. The molecular formula is C30H30O4. The SMILES string of the molecule is COCc1cc(-c2ccccc2)c2cc(OCc3cccc(C4(O)CCOCC4)c3)ccc2c1. The Hall–Kier alpha value is -3.18. The highest BCUT2D eigenvalue weighted by molar-refractivity contribution is 5.98. The fourth-order valence-electron chi connectivity index (χ4n) is 4.71. The standard InChI is InChI=1S/C30H30O4/c1-32-20-23-16-25-10-11-27(19-29(25)28(18-23)24-7-3-2-4-8-24)34-21-22-6-5-9-26(17-22)30(31)12-14-33-15-13-30/h2-11,16-19,31H,12-15,20-21H2,1H3. The van der Waals surface area contributed by atoms with Crippen molar-refractivity contribution in [3.05, 3.63) is 102 Å². The maximum atomic E-state index is 11.0. The van der Waals surface area contributed by atoms with Gasteiger partial charge in [0.05, 0.1) is 12.2 Å². The van der Waals surface area contributed by atoms with Crippen LogP contribution in [0.3, 0.4) is 0 Å². The van der Waals surface area contributed by atoms with Gasteiger partial charge >= 0.3 is 0 Å². The third-order valence-corrected chi connectivity index (χ3v) is 6.57. The molecule has 4 nitrogen and oxygen atoms in total. The summed E-state index contributed by atoms with van der Waals surface area (Å²) in [5, 5.41) is 13.3. The Morgan fingerprint density at radius 1 is 0.824 bits per heavy atom. The average Bonchev–Trinajstić information content (AvgIpc) is 2.88. The fraction of sp³-hybridized carbons (Fsp3) is 0.267.